The van der Waals surface area contributed by atoms with Crippen molar-refractivity contribution in [3.8, 4) is 22.3 Å². The third-order valence-electron chi connectivity index (χ3n) is 13.8. The molecular formula is C55H72N6O7. The molecule has 4 aliphatic rings. The van der Waals surface area contributed by atoms with E-state index in [9.17, 15) is 33.9 Å². The van der Waals surface area contributed by atoms with E-state index in [1.165, 1.54) is 0 Å². The number of nitrogens with zero attached hydrogens (tertiary/aromatic N) is 2. The van der Waals surface area contributed by atoms with Crippen LogP contribution in [0.25, 0.3) is 22.3 Å². The number of rotatable bonds is 11. The fraction of sp³-hybridized carbons (Fsp3) is 0.455. The minimum Gasteiger partial charge on any atom is -0.480 e. The highest BCUT2D eigenvalue weighted by Crippen LogP contribution is 2.43. The molecule has 0 aromatic heterocycles. The maximum Gasteiger partial charge on any atom is 0.319 e. The van der Waals surface area contributed by atoms with Crippen LogP contribution in [-0.4, -0.2) is 67.8 Å². The van der Waals surface area contributed by atoms with Crippen molar-refractivity contribution in [2.45, 2.75) is 111 Å². The van der Waals surface area contributed by atoms with Gasteiger partial charge in [-0.15, -0.1) is 0 Å². The normalized spacial score (nSPS) is 18.4. The molecule has 2 fully saturated rings. The highest BCUT2D eigenvalue weighted by molar-refractivity contribution is 6.10. The quantitative estimate of drug-likeness (QED) is 0.0921. The summed E-state index contributed by atoms with van der Waals surface area (Å²) in [5.74, 6) is -1.13. The van der Waals surface area contributed by atoms with Crippen LogP contribution in [0.15, 0.2) is 97.1 Å². The number of carbonyl (C=O) groups excluding carboxylic acids is 5. The number of amides is 5. The summed E-state index contributed by atoms with van der Waals surface area (Å²) in [5.41, 5.74) is 11.1. The minimum atomic E-state index is -1.14. The average Bonchev–Trinajstić information content (AvgIpc) is 4.03. The van der Waals surface area contributed by atoms with Crippen LogP contribution >= 0.6 is 0 Å². The van der Waals surface area contributed by atoms with E-state index in [0.717, 1.165) is 83.3 Å². The van der Waals surface area contributed by atoms with Gasteiger partial charge in [-0.3, -0.25) is 28.8 Å². The predicted octanol–water partition coefficient (Wildman–Crippen LogP) is 8.97. The van der Waals surface area contributed by atoms with Crippen LogP contribution in [0.5, 0.6) is 0 Å². The van der Waals surface area contributed by atoms with Crippen LogP contribution < -0.4 is 31.5 Å². The largest absolute Gasteiger partial charge is 0.480 e. The Morgan fingerprint density at radius 1 is 0.588 bits per heavy atom. The lowest BCUT2D eigenvalue weighted by Gasteiger charge is -2.30. The second-order valence-corrected chi connectivity index (χ2v) is 19.1. The molecule has 0 saturated heterocycles. The topological polar surface area (TPSA) is 191 Å². The van der Waals surface area contributed by atoms with Gasteiger partial charge >= 0.3 is 5.97 Å². The molecule has 2 heterocycles. The van der Waals surface area contributed by atoms with E-state index in [4.69, 9.17) is 5.73 Å². The number of aliphatic carboxylic acids is 1. The number of benzene rings is 4. The molecule has 6 N–H and O–H groups in total. The molecule has 13 nitrogen and oxygen atoms in total. The number of nitrogens with two attached hydrogens (primary N) is 1. The molecule has 5 amide bonds. The third-order valence-corrected chi connectivity index (χ3v) is 13.8. The number of carbonyl (C=O) groups is 6. The molecule has 2 saturated carbocycles. The molecule has 0 radical (unpaired) electrons. The van der Waals surface area contributed by atoms with Gasteiger partial charge in [0, 0.05) is 38.3 Å². The van der Waals surface area contributed by atoms with E-state index in [1.54, 1.807) is 23.9 Å². The molecule has 8 rings (SSSR count). The lowest BCUT2D eigenvalue weighted by molar-refractivity contribution is -0.155. The molecule has 4 aromatic carbocycles. The number of hydrogen-bond acceptors (Lipinski definition) is 7. The Bertz CT molecular complexity index is 2380. The zero-order valence-corrected chi connectivity index (χ0v) is 39.9. The highest BCUT2D eigenvalue weighted by Gasteiger charge is 2.50. The van der Waals surface area contributed by atoms with E-state index in [0.29, 0.717) is 50.6 Å². The zero-order valence-electron chi connectivity index (χ0n) is 39.9. The molecule has 0 spiro atoms. The predicted molar refractivity (Wildman–Crippen MR) is 269 cm³/mol. The van der Waals surface area contributed by atoms with Crippen LogP contribution in [0, 0.1) is 22.7 Å². The van der Waals surface area contributed by atoms with Crippen LogP contribution in [0.4, 0.5) is 11.4 Å². The van der Waals surface area contributed by atoms with Crippen molar-refractivity contribution in [1.29, 1.82) is 0 Å². The van der Waals surface area contributed by atoms with Crippen molar-refractivity contribution >= 4 is 46.9 Å². The molecule has 13 heteroatoms. The summed E-state index contributed by atoms with van der Waals surface area (Å²) >= 11 is 0. The summed E-state index contributed by atoms with van der Waals surface area (Å²) in [6.45, 7) is 9.49. The van der Waals surface area contributed by atoms with Gasteiger partial charge in [-0.25, -0.2) is 0 Å². The SMILES string of the molecule is C.CC(C)CCNC(=O)C1(C(=O)N[C@@H]2C(=O)N(C)c3ccccc3-c3ccccc32)CCCC1.CC(C)CCNC(=O)C1(C(=O)O)CCCC1.CN1C(=O)[C@@H](N)c2ccccc2-c2ccccc21. The second kappa shape index (κ2) is 23.1. The Labute approximate surface area is 402 Å². The highest BCUT2D eigenvalue weighted by atomic mass is 16.4. The molecule has 2 aliphatic carbocycles. The van der Waals surface area contributed by atoms with Crippen LogP contribution in [0.2, 0.25) is 0 Å². The number of carboxylic acid groups (broad SMARTS) is 1. The van der Waals surface area contributed by atoms with E-state index in [-0.39, 0.29) is 37.0 Å². The Balaban J connectivity index is 0.000000208. The Kier molecular flexibility index (Phi) is 17.9. The first-order chi connectivity index (χ1) is 32.0. The molecule has 364 valence electrons. The second-order valence-electron chi connectivity index (χ2n) is 19.1. The Morgan fingerprint density at radius 2 is 0.971 bits per heavy atom. The number of hydrogen-bond donors (Lipinski definition) is 5. The molecule has 2 atom stereocenters. The van der Waals surface area contributed by atoms with Crippen molar-refractivity contribution in [2.75, 3.05) is 37.0 Å². The van der Waals surface area contributed by atoms with Gasteiger partial charge < -0.3 is 36.6 Å². The van der Waals surface area contributed by atoms with Gasteiger partial charge in [0.25, 0.3) is 5.91 Å². The van der Waals surface area contributed by atoms with Gasteiger partial charge in [-0.05, 0) is 84.7 Å². The summed E-state index contributed by atoms with van der Waals surface area (Å²) < 4.78 is 0. The Morgan fingerprint density at radius 3 is 1.44 bits per heavy atom. The first kappa shape index (κ1) is 52.6. The van der Waals surface area contributed by atoms with Crippen LogP contribution in [0.3, 0.4) is 0 Å². The fourth-order valence-corrected chi connectivity index (χ4v) is 9.65. The van der Waals surface area contributed by atoms with E-state index < -0.39 is 28.9 Å². The molecule has 4 aromatic rings. The summed E-state index contributed by atoms with van der Waals surface area (Å²) in [6.07, 6.45) is 7.05. The lowest BCUT2D eigenvalue weighted by Crippen LogP contribution is -2.52. The molecule has 2 aliphatic heterocycles. The van der Waals surface area contributed by atoms with Crippen molar-refractivity contribution in [2.24, 2.45) is 28.4 Å². The van der Waals surface area contributed by atoms with Crippen molar-refractivity contribution < 1.29 is 33.9 Å². The van der Waals surface area contributed by atoms with E-state index >= 15 is 0 Å². The fourth-order valence-electron chi connectivity index (χ4n) is 9.65. The van der Waals surface area contributed by atoms with Gasteiger partial charge in [0.1, 0.15) is 22.9 Å². The third kappa shape index (κ3) is 11.2. The molecule has 0 unspecified atom stereocenters. The maximum atomic E-state index is 13.7. The van der Waals surface area contributed by atoms with Crippen molar-refractivity contribution in [1.82, 2.24) is 16.0 Å². The smallest absolute Gasteiger partial charge is 0.319 e. The summed E-state index contributed by atoms with van der Waals surface area (Å²) in [4.78, 5) is 79.0. The molecule has 0 bridgehead atoms. The summed E-state index contributed by atoms with van der Waals surface area (Å²) in [6, 6.07) is 29.7. The Hall–Kier alpha value is -6.34. The maximum absolute atomic E-state index is 13.7. The van der Waals surface area contributed by atoms with Gasteiger partial charge in [0.05, 0.1) is 11.4 Å². The number of para-hydroxylation sites is 2. The van der Waals surface area contributed by atoms with Gasteiger partial charge in [-0.1, -0.05) is 146 Å². The number of fused-ring (bicyclic) bond motifs is 6. The monoisotopic (exact) mass is 929 g/mol. The number of likely N-dealkylation sites (N-methyl/N-ethyl adjacent to an activating group) is 2. The zero-order chi connectivity index (χ0) is 48.5. The van der Waals surface area contributed by atoms with Gasteiger partial charge in [0.15, 0.2) is 0 Å². The van der Waals surface area contributed by atoms with E-state index in [1.807, 2.05) is 97.1 Å². The van der Waals surface area contributed by atoms with E-state index in [2.05, 4.69) is 43.6 Å². The first-order valence-corrected chi connectivity index (χ1v) is 23.8. The number of carboxylic acids is 1. The number of anilines is 2. The standard InChI is InChI=1S/C27H33N3O3.C15H14N2O.C12H21NO3.CH4/c1-18(2)14-17-28-25(32)27(15-8-9-16-27)26(33)29-23-21-12-5-4-10-19(21)20-11-6-7-13-22(20)30(3)24(23)31;1-17-13-9-5-4-7-11(13)10-6-2-3-8-12(10)14(16)15(17)18;1-9(2)5-8-13-10(14)12(11(15)16)6-3-4-7-12;/h4-7,10-13,18,23H,8-9,14-17H2,1-3H3,(H,28,32)(H,29,33);2-9,14H,16H2,1H3;9H,3-8H2,1-2H3,(H,13,14)(H,15,16);1H4/t23-;14-;;/m00../s1. The summed E-state index contributed by atoms with van der Waals surface area (Å²) in [7, 11) is 3.50. The first-order valence-electron chi connectivity index (χ1n) is 23.8. The number of nitrogens with one attached hydrogen (secondary N) is 3. The van der Waals surface area contributed by atoms with Gasteiger partial charge in [-0.2, -0.15) is 0 Å². The van der Waals surface area contributed by atoms with Crippen molar-refractivity contribution in [3.05, 3.63) is 108 Å². The van der Waals surface area contributed by atoms with Gasteiger partial charge in [0.2, 0.25) is 23.6 Å². The van der Waals surface area contributed by atoms with Crippen LogP contribution in [0.1, 0.15) is 123 Å². The lowest BCUT2D eigenvalue weighted by atomic mass is 9.83. The minimum absolute atomic E-state index is 0. The summed E-state index contributed by atoms with van der Waals surface area (Å²) in [5, 5.41) is 17.9. The van der Waals surface area contributed by atoms with Crippen LogP contribution in [-0.2, 0) is 28.8 Å². The average molecular weight is 929 g/mol. The van der Waals surface area contributed by atoms with Crippen molar-refractivity contribution in [3.63, 3.8) is 0 Å². The molecular weight excluding hydrogens is 857 g/mol. The molecule has 68 heavy (non-hydrogen) atoms.